The predicted molar refractivity (Wildman–Crippen MR) is 51.9 cm³/mol. The molecule has 1 aliphatic rings. The van der Waals surface area contributed by atoms with Crippen molar-refractivity contribution in [2.24, 2.45) is 5.92 Å². The van der Waals surface area contributed by atoms with E-state index in [0.29, 0.717) is 0 Å². The van der Waals surface area contributed by atoms with Crippen molar-refractivity contribution >= 4 is 6.29 Å². The van der Waals surface area contributed by atoms with Gasteiger partial charge < -0.3 is 6.22 Å². The van der Waals surface area contributed by atoms with Gasteiger partial charge in [0.25, 0.3) is 0 Å². The van der Waals surface area contributed by atoms with E-state index in [1.807, 2.05) is 24.3 Å². The van der Waals surface area contributed by atoms with Gasteiger partial charge in [-0.15, -0.1) is 0 Å². The molecule has 0 aliphatic heterocycles. The van der Waals surface area contributed by atoms with Gasteiger partial charge in [0, 0.05) is 0 Å². The monoisotopic (exact) mass is 202 g/mol. The molecule has 0 amide bonds. The summed E-state index contributed by atoms with van der Waals surface area (Å²) in [5.41, 5.74) is 1.30. The van der Waals surface area contributed by atoms with Crippen molar-refractivity contribution in [1.82, 2.24) is 0 Å². The zero-order valence-corrected chi connectivity index (χ0v) is 11.5. The van der Waals surface area contributed by atoms with Crippen molar-refractivity contribution in [2.75, 3.05) is 0 Å². The quantitative estimate of drug-likeness (QED) is 0.456. The van der Waals surface area contributed by atoms with Gasteiger partial charge in [-0.1, -0.05) is 43.7 Å². The molecule has 0 heterocycles. The van der Waals surface area contributed by atoms with Gasteiger partial charge in [0.05, 0.1) is 5.92 Å². The van der Waals surface area contributed by atoms with Crippen molar-refractivity contribution < 1.29 is 57.6 Å². The topological polar surface area (TPSA) is 17.1 Å². The fourth-order valence-electron chi connectivity index (χ4n) is 1.21. The van der Waals surface area contributed by atoms with Crippen molar-refractivity contribution in [3.63, 3.8) is 0 Å². The van der Waals surface area contributed by atoms with Gasteiger partial charge in [-0.25, -0.2) is 0 Å². The van der Waals surface area contributed by atoms with Gasteiger partial charge in [-0.3, -0.25) is 0 Å². The van der Waals surface area contributed by atoms with Crippen LogP contribution in [0.25, 0.3) is 0 Å². The van der Waals surface area contributed by atoms with Crippen LogP contribution >= 0.6 is 0 Å². The van der Waals surface area contributed by atoms with Crippen molar-refractivity contribution in [2.45, 2.75) is 19.8 Å². The Kier molecular flexibility index (Phi) is 8.21. The number of hydrogen-bond acceptors (Lipinski definition) is 1. The molecule has 0 aromatic rings. The molecule has 1 unspecified atom stereocenters. The molecule has 0 aromatic carbocycles. The minimum absolute atomic E-state index is 0. The largest absolute Gasteiger partial charge is 1.00 e. The molecule has 1 nitrogen and oxygen atoms in total. The van der Waals surface area contributed by atoms with Crippen LogP contribution in [0.1, 0.15) is 21.2 Å². The van der Waals surface area contributed by atoms with Gasteiger partial charge in [-0.05, 0) is 12.0 Å². The van der Waals surface area contributed by atoms with E-state index >= 15 is 0 Å². The summed E-state index contributed by atoms with van der Waals surface area (Å²) in [4.78, 5) is 10.5. The number of aldehydes is 1. The number of rotatable bonds is 3. The molecular weight excluding hydrogens is 187 g/mol. The average molecular weight is 202 g/mol. The normalized spacial score (nSPS) is 20.1. The number of allylic oxidation sites excluding steroid dienone is 6. The Hall–Kier alpha value is 0.526. The molecule has 0 spiro atoms. The summed E-state index contributed by atoms with van der Waals surface area (Å²) in [6.45, 7) is 2.15. The van der Waals surface area contributed by atoms with Gasteiger partial charge in [-0.2, -0.15) is 0 Å². The third kappa shape index (κ3) is 5.08. The Morgan fingerprint density at radius 3 is 2.92 bits per heavy atom. The molecule has 1 aliphatic carbocycles. The minimum Gasteiger partial charge on any atom is -1.00 e. The van der Waals surface area contributed by atoms with Gasteiger partial charge in [0.1, 0.15) is 6.29 Å². The Bertz CT molecular complexity index is 244. The minimum atomic E-state index is -0.0318. The van der Waals surface area contributed by atoms with E-state index in [-0.39, 0.29) is 58.7 Å². The van der Waals surface area contributed by atoms with Gasteiger partial charge >= 0.3 is 51.4 Å². The Labute approximate surface area is 124 Å². The summed E-state index contributed by atoms with van der Waals surface area (Å²) < 4.78 is 0. The van der Waals surface area contributed by atoms with Crippen LogP contribution in [0.15, 0.2) is 36.0 Å². The first-order valence-electron chi connectivity index (χ1n) is 4.37. The van der Waals surface area contributed by atoms with Crippen LogP contribution in [0, 0.1) is 5.92 Å². The third-order valence-electron chi connectivity index (χ3n) is 1.87. The molecule has 0 fully saturated rings. The second-order valence-corrected chi connectivity index (χ2v) is 2.95. The van der Waals surface area contributed by atoms with Crippen LogP contribution < -0.4 is 51.4 Å². The number of carbonyl (C=O) groups is 1. The molecule has 0 saturated carbocycles. The molecule has 1 atom stereocenters. The Balaban J connectivity index is 0. The standard InChI is InChI=1S/C11H14O.K.H/c1-2-4-10-5-3-6-11(9-12)8-7-10;;/h3,5-9,11H,2,4H2,1H3;;/q;+1;-1. The summed E-state index contributed by atoms with van der Waals surface area (Å²) in [6, 6.07) is 0. The van der Waals surface area contributed by atoms with E-state index in [1.165, 1.54) is 5.57 Å². The molecule has 13 heavy (non-hydrogen) atoms. The van der Waals surface area contributed by atoms with Crippen LogP contribution in [-0.2, 0) is 4.79 Å². The first kappa shape index (κ1) is 13.5. The van der Waals surface area contributed by atoms with E-state index in [0.717, 1.165) is 19.1 Å². The summed E-state index contributed by atoms with van der Waals surface area (Å²) in [5.74, 6) is -0.0318. The summed E-state index contributed by atoms with van der Waals surface area (Å²) in [5, 5.41) is 0. The van der Waals surface area contributed by atoms with E-state index in [1.54, 1.807) is 0 Å². The molecule has 0 aromatic heterocycles. The second-order valence-electron chi connectivity index (χ2n) is 2.95. The summed E-state index contributed by atoms with van der Waals surface area (Å²) in [7, 11) is 0. The van der Waals surface area contributed by atoms with E-state index in [4.69, 9.17) is 0 Å². The van der Waals surface area contributed by atoms with Gasteiger partial charge in [0.2, 0.25) is 0 Å². The maximum Gasteiger partial charge on any atom is 1.00 e. The van der Waals surface area contributed by atoms with Crippen LogP contribution in [-0.4, -0.2) is 6.29 Å². The van der Waals surface area contributed by atoms with Crippen molar-refractivity contribution in [1.29, 1.82) is 0 Å². The number of carbonyl (C=O) groups excluding carboxylic acids is 1. The molecule has 2 heteroatoms. The van der Waals surface area contributed by atoms with E-state index in [9.17, 15) is 4.79 Å². The maximum absolute atomic E-state index is 10.5. The zero-order chi connectivity index (χ0) is 8.81. The van der Waals surface area contributed by atoms with E-state index < -0.39 is 0 Å². The number of hydrogen-bond donors (Lipinski definition) is 0. The maximum atomic E-state index is 10.5. The van der Waals surface area contributed by atoms with Crippen LogP contribution in [0.3, 0.4) is 0 Å². The molecule has 0 radical (unpaired) electrons. The first-order valence-corrected chi connectivity index (χ1v) is 4.37. The van der Waals surface area contributed by atoms with Crippen molar-refractivity contribution in [3.05, 3.63) is 36.0 Å². The van der Waals surface area contributed by atoms with E-state index in [2.05, 4.69) is 13.0 Å². The Morgan fingerprint density at radius 2 is 2.31 bits per heavy atom. The second kappa shape index (κ2) is 7.89. The fraction of sp³-hybridized carbons (Fsp3) is 0.364. The smallest absolute Gasteiger partial charge is 1.00 e. The SMILES string of the molecule is CCCC1=CC=CC(C=O)C=C1.[H-].[K+]. The molecule has 0 bridgehead atoms. The third-order valence-corrected chi connectivity index (χ3v) is 1.87. The average Bonchev–Trinajstić information content (AvgIpc) is 2.31. The zero-order valence-electron chi connectivity index (χ0n) is 9.36. The van der Waals surface area contributed by atoms with Crippen molar-refractivity contribution in [3.8, 4) is 0 Å². The Morgan fingerprint density at radius 1 is 1.54 bits per heavy atom. The molecule has 0 saturated heterocycles. The predicted octanol–water partition coefficient (Wildman–Crippen LogP) is -0.230. The van der Waals surface area contributed by atoms with Gasteiger partial charge in [0.15, 0.2) is 0 Å². The summed E-state index contributed by atoms with van der Waals surface area (Å²) in [6.07, 6.45) is 13.1. The molecule has 1 rings (SSSR count). The fourth-order valence-corrected chi connectivity index (χ4v) is 1.21. The summed E-state index contributed by atoms with van der Waals surface area (Å²) >= 11 is 0. The first-order chi connectivity index (χ1) is 5.86. The molecule has 66 valence electrons. The van der Waals surface area contributed by atoms with Crippen LogP contribution in [0.4, 0.5) is 0 Å². The molecular formula is C11H15KO. The molecule has 0 N–H and O–H groups in total. The van der Waals surface area contributed by atoms with Crippen LogP contribution in [0.2, 0.25) is 0 Å². The van der Waals surface area contributed by atoms with Crippen LogP contribution in [0.5, 0.6) is 0 Å².